The number of rotatable bonds is 10. The summed E-state index contributed by atoms with van der Waals surface area (Å²) in [6.07, 6.45) is 14.8. The number of aliphatic hydroxyl groups excluding tert-OH is 2. The second kappa shape index (κ2) is 29.5. The van der Waals surface area contributed by atoms with Gasteiger partial charge in [-0.2, -0.15) is 0 Å². The third-order valence-electron chi connectivity index (χ3n) is 16.2. The van der Waals surface area contributed by atoms with Crippen LogP contribution in [-0.4, -0.2) is 145 Å². The zero-order chi connectivity index (χ0) is 54.1. The maximum absolute atomic E-state index is 14.6. The summed E-state index contributed by atoms with van der Waals surface area (Å²) in [6.45, 7) is 12.6. The molecule has 3 heterocycles. The van der Waals surface area contributed by atoms with Crippen LogP contribution in [0.2, 0.25) is 0 Å². The average Bonchev–Trinajstić information content (AvgIpc) is 3.38. The Balaban J connectivity index is 1.50. The first-order valence-corrected chi connectivity index (χ1v) is 27.5. The van der Waals surface area contributed by atoms with Crippen LogP contribution in [-0.2, 0) is 42.9 Å². The van der Waals surface area contributed by atoms with Gasteiger partial charge in [-0.1, -0.05) is 87.9 Å². The zero-order valence-electron chi connectivity index (χ0n) is 45.9. The minimum Gasteiger partial charge on any atom is -0.461 e. The summed E-state index contributed by atoms with van der Waals surface area (Å²) in [4.78, 5) is 61.2. The van der Waals surface area contributed by atoms with Crippen LogP contribution in [0.15, 0.2) is 77.9 Å². The minimum atomic E-state index is -2.42. The number of nitrogens with two attached hydrogens (primary N) is 1. The van der Waals surface area contributed by atoms with Gasteiger partial charge in [0, 0.05) is 64.0 Å². The monoisotopic (exact) mass is 1030 g/mol. The summed E-state index contributed by atoms with van der Waals surface area (Å²) in [6, 6.07) is 8.22. The molecule has 2 bridgehead atoms. The molecule has 2 saturated heterocycles. The lowest BCUT2D eigenvalue weighted by Gasteiger charge is -2.44. The van der Waals surface area contributed by atoms with Crippen LogP contribution < -0.4 is 10.6 Å². The number of nitrogens with zero attached hydrogens (tertiary/aromatic N) is 2. The fraction of sp³-hybridized carbons (Fsp3) is 0.695. The first kappa shape index (κ1) is 60.8. The van der Waals surface area contributed by atoms with Crippen molar-refractivity contribution in [3.8, 4) is 0 Å². The molecule has 15 nitrogen and oxygen atoms in total. The Morgan fingerprint density at radius 3 is 2.32 bits per heavy atom. The molecule has 4 aliphatic rings. The largest absolute Gasteiger partial charge is 0.461 e. The Labute approximate surface area is 441 Å². The maximum Gasteiger partial charge on any atom is 0.329 e. The van der Waals surface area contributed by atoms with Gasteiger partial charge >= 0.3 is 5.97 Å². The highest BCUT2D eigenvalue weighted by molar-refractivity contribution is 6.39. The Morgan fingerprint density at radius 2 is 1.62 bits per heavy atom. The number of ether oxygens (including phenoxy) is 5. The van der Waals surface area contributed by atoms with Crippen LogP contribution in [0.1, 0.15) is 131 Å². The third-order valence-corrected chi connectivity index (χ3v) is 16.2. The van der Waals surface area contributed by atoms with Gasteiger partial charge in [0.25, 0.3) is 11.7 Å². The maximum atomic E-state index is 14.6. The molecule has 3 fully saturated rings. The number of carbonyl (C=O) groups excluding carboxylic acids is 4. The van der Waals surface area contributed by atoms with Gasteiger partial charge in [0.05, 0.1) is 24.9 Å². The lowest BCUT2D eigenvalue weighted by molar-refractivity contribution is -0.264. The summed E-state index contributed by atoms with van der Waals surface area (Å²) in [7, 11) is 4.69. The lowest BCUT2D eigenvalue weighted by Crippen LogP contribution is -2.61. The van der Waals surface area contributed by atoms with Crippen LogP contribution in [0.25, 0.3) is 0 Å². The molecule has 0 spiro atoms. The normalized spacial score (nSPS) is 37.0. The number of aliphatic hydroxyl groups is 3. The van der Waals surface area contributed by atoms with Crippen molar-refractivity contribution < 1.29 is 58.2 Å². The van der Waals surface area contributed by atoms with Crippen molar-refractivity contribution in [3.63, 3.8) is 0 Å². The van der Waals surface area contributed by atoms with E-state index in [1.54, 1.807) is 34.1 Å². The summed E-state index contributed by atoms with van der Waals surface area (Å²) in [5, 5.41) is 34.4. The number of amides is 1. The highest BCUT2D eigenvalue weighted by Crippen LogP contribution is 2.38. The van der Waals surface area contributed by atoms with Gasteiger partial charge < -0.3 is 54.5 Å². The molecule has 15 atom stereocenters. The van der Waals surface area contributed by atoms with E-state index in [9.17, 15) is 34.5 Å². The smallest absolute Gasteiger partial charge is 0.329 e. The summed E-state index contributed by atoms with van der Waals surface area (Å²) in [5.74, 6) is -6.36. The van der Waals surface area contributed by atoms with Crippen molar-refractivity contribution in [2.45, 2.75) is 192 Å². The molecular weight excluding hydrogens is 943 g/mol. The number of benzene rings is 1. The summed E-state index contributed by atoms with van der Waals surface area (Å²) < 4.78 is 29.8. The van der Waals surface area contributed by atoms with E-state index >= 15 is 0 Å². The predicted octanol–water partition coefficient (Wildman–Crippen LogP) is 7.59. The fourth-order valence-corrected chi connectivity index (χ4v) is 11.7. The first-order chi connectivity index (χ1) is 35.3. The SMILES string of the molecule is COCCN(c1ccccc1)C1C/C(C)=C/C=C/C=C/[C@@H](C)CC(C)C(=O)[C@H](OC)C(O)/C(C)=C/[C@@H](N)CC[C@@H]([C@H](C)CC2CC[C@@H](O)C(OC)C2)OC(=O)C2CCCCN2C(=O)C(=O)C2(O)OC(CCC2C)C1. The summed E-state index contributed by atoms with van der Waals surface area (Å²) >= 11 is 0. The number of piperidine rings is 1. The topological polar surface area (TPSA) is 208 Å². The second-order valence-electron chi connectivity index (χ2n) is 22.1. The number of Topliss-reactive ketones (excluding diaryl/α,β-unsaturated/α-hetero) is 2. The molecular formula is C59H91N3O12. The first-order valence-electron chi connectivity index (χ1n) is 27.5. The Bertz CT molecular complexity index is 2080. The number of fused-ring (bicyclic) bond motifs is 3. The molecule has 9 unspecified atom stereocenters. The molecule has 74 heavy (non-hydrogen) atoms. The number of allylic oxidation sites excluding steroid dienone is 5. The molecule has 1 aliphatic carbocycles. The van der Waals surface area contributed by atoms with E-state index in [-0.39, 0.29) is 48.6 Å². The number of methoxy groups -OCH3 is 3. The Hall–Kier alpha value is -4.06. The number of esters is 1. The van der Waals surface area contributed by atoms with Gasteiger partial charge in [-0.25, -0.2) is 4.79 Å². The molecule has 5 rings (SSSR count). The highest BCUT2D eigenvalue weighted by Gasteiger charge is 2.53. The standard InChI is InChI=1S/C59H91N3O12/c1-38-18-12-10-13-19-39(2)33-47(61(30-31-70-7)46-20-14-11-15-21-46)37-48-26-23-43(6)59(69,74-48)56(66)57(67)62-29-17-16-22-49(62)58(68)73-51(40(3)34-44-24-27-50(63)52(36-44)71-8)28-25-45(60)35-42(5)54(65)55(72-9)53(64)41(4)32-38/h10-15,18-21,35,38,40-41,43-45,47-52,54-55,63,65,69H,16-17,22-34,36-37,60H2,1-9H3/b13-10+,18-12+,39-19+,42-35+/t38-,40-,41?,43?,44?,45+,47?,48?,49?,50-,51+,52?,54?,55+,59?/m1/s1. The van der Waals surface area contributed by atoms with Crippen LogP contribution in [0.3, 0.4) is 0 Å². The molecule has 15 heteroatoms. The molecule has 0 radical (unpaired) electrons. The van der Waals surface area contributed by atoms with Gasteiger partial charge in [0.15, 0.2) is 5.78 Å². The molecule has 1 aromatic rings. The summed E-state index contributed by atoms with van der Waals surface area (Å²) in [5.41, 5.74) is 9.28. The number of hydrogen-bond donors (Lipinski definition) is 4. The highest BCUT2D eigenvalue weighted by atomic mass is 16.6. The van der Waals surface area contributed by atoms with Gasteiger partial charge in [0.1, 0.15) is 24.4 Å². The predicted molar refractivity (Wildman–Crippen MR) is 287 cm³/mol. The van der Waals surface area contributed by atoms with Gasteiger partial charge in [-0.15, -0.1) is 0 Å². The number of para-hydroxylation sites is 1. The van der Waals surface area contributed by atoms with Crippen LogP contribution in [0, 0.1) is 29.6 Å². The molecule has 1 aromatic carbocycles. The second-order valence-corrected chi connectivity index (χ2v) is 22.1. The molecule has 0 aromatic heterocycles. The fourth-order valence-electron chi connectivity index (χ4n) is 11.7. The van der Waals surface area contributed by atoms with Crippen LogP contribution in [0.4, 0.5) is 5.69 Å². The Kier molecular flexibility index (Phi) is 24.2. The number of carbonyl (C=O) groups is 4. The molecule has 1 amide bonds. The van der Waals surface area contributed by atoms with Gasteiger partial charge in [0.2, 0.25) is 5.79 Å². The van der Waals surface area contributed by atoms with Crippen molar-refractivity contribution in [2.75, 3.05) is 45.9 Å². The van der Waals surface area contributed by atoms with E-state index in [0.29, 0.717) is 95.8 Å². The van der Waals surface area contributed by atoms with E-state index in [1.165, 1.54) is 12.0 Å². The van der Waals surface area contributed by atoms with Crippen LogP contribution >= 0.6 is 0 Å². The van der Waals surface area contributed by atoms with Gasteiger partial charge in [-0.05, 0) is 139 Å². The Morgan fingerprint density at radius 1 is 0.878 bits per heavy atom. The van der Waals surface area contributed by atoms with Crippen molar-refractivity contribution in [2.24, 2.45) is 35.3 Å². The number of ketones is 2. The van der Waals surface area contributed by atoms with E-state index in [0.717, 1.165) is 17.7 Å². The molecule has 414 valence electrons. The molecule has 3 aliphatic heterocycles. The quantitative estimate of drug-likeness (QED) is 0.101. The number of cyclic esters (lactones) is 1. The van der Waals surface area contributed by atoms with Gasteiger partial charge in [-0.3, -0.25) is 14.4 Å². The molecule has 5 N–H and O–H groups in total. The number of hydrogen-bond acceptors (Lipinski definition) is 14. The van der Waals surface area contributed by atoms with Crippen LogP contribution in [0.5, 0.6) is 0 Å². The van der Waals surface area contributed by atoms with Crippen molar-refractivity contribution >= 4 is 29.1 Å². The van der Waals surface area contributed by atoms with Crippen molar-refractivity contribution in [1.29, 1.82) is 0 Å². The van der Waals surface area contributed by atoms with Crippen molar-refractivity contribution in [3.05, 3.63) is 77.9 Å². The molecule has 1 saturated carbocycles. The van der Waals surface area contributed by atoms with E-state index in [2.05, 4.69) is 24.0 Å². The van der Waals surface area contributed by atoms with Crippen molar-refractivity contribution in [1.82, 2.24) is 4.90 Å². The van der Waals surface area contributed by atoms with E-state index < -0.39 is 77.9 Å². The third kappa shape index (κ3) is 16.7. The minimum absolute atomic E-state index is 0.0455. The van der Waals surface area contributed by atoms with E-state index in [1.807, 2.05) is 69.3 Å². The number of anilines is 1. The van der Waals surface area contributed by atoms with E-state index in [4.69, 9.17) is 29.4 Å². The zero-order valence-corrected chi connectivity index (χ0v) is 45.9. The lowest BCUT2D eigenvalue weighted by atomic mass is 9.78. The average molecular weight is 1030 g/mol.